The van der Waals surface area contributed by atoms with Crippen LogP contribution in [0.5, 0.6) is 28.7 Å². The molecule has 0 aliphatic heterocycles. The van der Waals surface area contributed by atoms with Crippen LogP contribution in [-0.2, 0) is 9.47 Å². The number of aryl methyl sites for hydroxylation is 1. The highest BCUT2D eigenvalue weighted by Crippen LogP contribution is 2.43. The van der Waals surface area contributed by atoms with Crippen molar-refractivity contribution in [2.24, 2.45) is 0 Å². The molecule has 0 bridgehead atoms. The summed E-state index contributed by atoms with van der Waals surface area (Å²) < 4.78 is 83.6. The molecule has 0 aliphatic carbocycles. The van der Waals surface area contributed by atoms with Gasteiger partial charge in [0.25, 0.3) is 0 Å². The Bertz CT molecular complexity index is 1620. The summed E-state index contributed by atoms with van der Waals surface area (Å²) in [5.74, 6) is -0.440. The van der Waals surface area contributed by atoms with Crippen LogP contribution < -0.4 is 24.3 Å². The highest BCUT2D eigenvalue weighted by molar-refractivity contribution is 6.33. The number of carbonyl (C=O) groups excluding carboxylic acids is 1. The second-order valence-electron chi connectivity index (χ2n) is 9.13. The van der Waals surface area contributed by atoms with Gasteiger partial charge in [-0.3, -0.25) is 4.98 Å². The quantitative estimate of drug-likeness (QED) is 0.0690. The van der Waals surface area contributed by atoms with Gasteiger partial charge in [0.05, 0.1) is 24.3 Å². The SMILES string of the molecule is CNCCCOC(=O)OCOc1c(-c2ccc(Oc3ccc(OC(F)(F)F)cc3)cc2F)c(C)nc2cc(OC)c(Cl)cc12.Cl. The molecule has 15 heteroatoms. The van der Waals surface area contributed by atoms with Crippen molar-refractivity contribution in [1.82, 2.24) is 10.3 Å². The van der Waals surface area contributed by atoms with E-state index in [1.807, 2.05) is 0 Å². The Balaban J connectivity index is 0.00000552. The predicted octanol–water partition coefficient (Wildman–Crippen LogP) is 8.22. The van der Waals surface area contributed by atoms with Crippen molar-refractivity contribution < 1.29 is 50.8 Å². The number of hydrogen-bond acceptors (Lipinski definition) is 9. The molecule has 0 amide bonds. The Morgan fingerprint density at radius 1 is 1.00 bits per heavy atom. The molecule has 1 N–H and O–H groups in total. The van der Waals surface area contributed by atoms with Crippen LogP contribution in [0, 0.1) is 12.7 Å². The maximum Gasteiger partial charge on any atom is 0.573 e. The fraction of sp³-hybridized carbons (Fsp3) is 0.267. The summed E-state index contributed by atoms with van der Waals surface area (Å²) in [6, 6.07) is 11.8. The van der Waals surface area contributed by atoms with Gasteiger partial charge >= 0.3 is 12.5 Å². The zero-order valence-corrected chi connectivity index (χ0v) is 25.7. The smallest absolute Gasteiger partial charge is 0.495 e. The van der Waals surface area contributed by atoms with E-state index in [2.05, 4.69) is 15.0 Å². The minimum Gasteiger partial charge on any atom is -0.495 e. The summed E-state index contributed by atoms with van der Waals surface area (Å²) in [4.78, 5) is 16.6. The Kier molecular flexibility index (Phi) is 12.3. The molecule has 9 nitrogen and oxygen atoms in total. The van der Waals surface area contributed by atoms with Gasteiger partial charge < -0.3 is 33.7 Å². The highest BCUT2D eigenvalue weighted by atomic mass is 35.5. The number of benzene rings is 3. The molecular weight excluding hydrogens is 647 g/mol. The van der Waals surface area contributed by atoms with E-state index >= 15 is 4.39 Å². The van der Waals surface area contributed by atoms with Gasteiger partial charge in [-0.15, -0.1) is 25.6 Å². The number of nitrogens with one attached hydrogen (secondary N) is 1. The fourth-order valence-electron chi connectivity index (χ4n) is 4.17. The topological polar surface area (TPSA) is 97.4 Å². The predicted molar refractivity (Wildman–Crippen MR) is 160 cm³/mol. The third-order valence-electron chi connectivity index (χ3n) is 6.07. The second-order valence-corrected chi connectivity index (χ2v) is 9.54. The number of carbonyl (C=O) groups is 1. The van der Waals surface area contributed by atoms with Crippen molar-refractivity contribution in [1.29, 1.82) is 0 Å². The van der Waals surface area contributed by atoms with Crippen molar-refractivity contribution in [3.8, 4) is 39.9 Å². The Morgan fingerprint density at radius 3 is 2.33 bits per heavy atom. The molecule has 0 unspecified atom stereocenters. The molecule has 0 atom stereocenters. The number of methoxy groups -OCH3 is 1. The van der Waals surface area contributed by atoms with E-state index in [1.165, 1.54) is 31.4 Å². The van der Waals surface area contributed by atoms with Gasteiger partial charge in [0.15, 0.2) is 0 Å². The first-order valence-corrected chi connectivity index (χ1v) is 13.4. The van der Waals surface area contributed by atoms with Gasteiger partial charge in [0.1, 0.15) is 34.6 Å². The molecule has 0 aliphatic rings. The number of pyridine rings is 1. The molecule has 4 aromatic rings. The average molecular weight is 675 g/mol. The fourth-order valence-corrected chi connectivity index (χ4v) is 4.41. The normalized spacial score (nSPS) is 11.0. The zero-order chi connectivity index (χ0) is 31.9. The van der Waals surface area contributed by atoms with Crippen molar-refractivity contribution in [2.45, 2.75) is 19.7 Å². The van der Waals surface area contributed by atoms with Crippen LogP contribution in [0.1, 0.15) is 12.1 Å². The lowest BCUT2D eigenvalue weighted by molar-refractivity contribution is -0.274. The lowest BCUT2D eigenvalue weighted by atomic mass is 9.99. The minimum atomic E-state index is -4.83. The molecule has 0 radical (unpaired) electrons. The molecule has 45 heavy (non-hydrogen) atoms. The van der Waals surface area contributed by atoms with Crippen LogP contribution >= 0.6 is 24.0 Å². The van der Waals surface area contributed by atoms with Crippen molar-refractivity contribution in [3.05, 3.63) is 71.1 Å². The number of halogens is 6. The van der Waals surface area contributed by atoms with Crippen molar-refractivity contribution in [2.75, 3.05) is 34.1 Å². The first-order chi connectivity index (χ1) is 21.0. The van der Waals surface area contributed by atoms with Gasteiger partial charge in [-0.05, 0) is 69.4 Å². The van der Waals surface area contributed by atoms with E-state index < -0.39 is 30.9 Å². The Morgan fingerprint density at radius 2 is 1.69 bits per heavy atom. The number of fused-ring (bicyclic) bond motifs is 1. The molecular formula is C30H28Cl2F4N2O7. The van der Waals surface area contributed by atoms with E-state index in [0.717, 1.165) is 18.2 Å². The van der Waals surface area contributed by atoms with E-state index in [4.69, 9.17) is 35.3 Å². The molecule has 0 fully saturated rings. The van der Waals surface area contributed by atoms with Crippen LogP contribution in [-0.4, -0.2) is 51.6 Å². The molecule has 1 heterocycles. The van der Waals surface area contributed by atoms with E-state index in [-0.39, 0.29) is 52.4 Å². The highest BCUT2D eigenvalue weighted by Gasteiger charge is 2.31. The monoisotopic (exact) mass is 674 g/mol. The lowest BCUT2D eigenvalue weighted by Gasteiger charge is -2.18. The van der Waals surface area contributed by atoms with Gasteiger partial charge in [-0.25, -0.2) is 9.18 Å². The van der Waals surface area contributed by atoms with Crippen LogP contribution in [0.4, 0.5) is 22.4 Å². The summed E-state index contributed by atoms with van der Waals surface area (Å²) in [5.41, 5.74) is 1.13. The number of ether oxygens (including phenoxy) is 6. The minimum absolute atomic E-state index is 0. The van der Waals surface area contributed by atoms with E-state index in [0.29, 0.717) is 35.3 Å². The largest absolute Gasteiger partial charge is 0.573 e. The molecule has 0 saturated heterocycles. The summed E-state index contributed by atoms with van der Waals surface area (Å²) in [6.45, 7) is 1.88. The second kappa shape index (κ2) is 15.7. The van der Waals surface area contributed by atoms with E-state index in [9.17, 15) is 18.0 Å². The van der Waals surface area contributed by atoms with Crippen LogP contribution in [0.2, 0.25) is 5.02 Å². The standard InChI is InChI=1S/C30H27ClF4N2O7.ClH/c1-17-27(21-10-9-20(13-24(21)32)43-18-5-7-19(8-6-18)44-30(33,34)35)28(41-16-42-29(38)40-12-4-11-36-2)22-14-23(31)26(39-3)15-25(22)37-17;/h5-10,13-15,36H,4,11-12,16H2,1-3H3;1H. The van der Waals surface area contributed by atoms with Gasteiger partial charge in [-0.2, -0.15) is 0 Å². The molecule has 0 spiro atoms. The summed E-state index contributed by atoms with van der Waals surface area (Å²) >= 11 is 6.38. The van der Waals surface area contributed by atoms with Crippen LogP contribution in [0.25, 0.3) is 22.0 Å². The summed E-state index contributed by atoms with van der Waals surface area (Å²) in [5, 5.41) is 3.56. The molecule has 1 aromatic heterocycles. The summed E-state index contributed by atoms with van der Waals surface area (Å²) in [7, 11) is 3.22. The van der Waals surface area contributed by atoms with Gasteiger partial charge in [-0.1, -0.05) is 11.6 Å². The Labute approximate surface area is 266 Å². The number of hydrogen-bond donors (Lipinski definition) is 1. The molecule has 242 valence electrons. The first kappa shape index (κ1) is 35.3. The molecule has 4 rings (SSSR count). The van der Waals surface area contributed by atoms with Crippen molar-refractivity contribution >= 4 is 41.1 Å². The van der Waals surface area contributed by atoms with Crippen LogP contribution in [0.15, 0.2) is 54.6 Å². The zero-order valence-electron chi connectivity index (χ0n) is 24.1. The third-order valence-corrected chi connectivity index (χ3v) is 6.36. The van der Waals surface area contributed by atoms with E-state index in [1.54, 1.807) is 26.1 Å². The summed E-state index contributed by atoms with van der Waals surface area (Å²) in [6.07, 6.45) is -5.19. The van der Waals surface area contributed by atoms with Gasteiger partial charge in [0.2, 0.25) is 6.79 Å². The number of aromatic nitrogens is 1. The molecule has 3 aromatic carbocycles. The lowest BCUT2D eigenvalue weighted by Crippen LogP contribution is -2.16. The van der Waals surface area contributed by atoms with Gasteiger partial charge in [0, 0.05) is 34.3 Å². The number of alkyl halides is 3. The van der Waals surface area contributed by atoms with Crippen LogP contribution in [0.3, 0.4) is 0 Å². The maximum absolute atomic E-state index is 15.6. The van der Waals surface area contributed by atoms with Crippen molar-refractivity contribution in [3.63, 3.8) is 0 Å². The molecule has 0 saturated carbocycles. The Hall–Kier alpha value is -4.20. The third kappa shape index (κ3) is 9.40. The number of nitrogens with zero attached hydrogens (tertiary/aromatic N) is 1. The first-order valence-electron chi connectivity index (χ1n) is 13.1. The maximum atomic E-state index is 15.6. The number of rotatable bonds is 12. The average Bonchev–Trinajstić information content (AvgIpc) is 2.96.